The van der Waals surface area contributed by atoms with E-state index in [0.717, 1.165) is 38.1 Å². The summed E-state index contributed by atoms with van der Waals surface area (Å²) in [5.74, 6) is 1.05. The summed E-state index contributed by atoms with van der Waals surface area (Å²) in [6, 6.07) is 0. The van der Waals surface area contributed by atoms with Crippen molar-refractivity contribution < 1.29 is 4.79 Å². The first kappa shape index (κ1) is 14.8. The predicted octanol–water partition coefficient (Wildman–Crippen LogP) is 2.98. The van der Waals surface area contributed by atoms with Crippen LogP contribution >= 0.6 is 0 Å². The Balaban J connectivity index is 1.71. The van der Waals surface area contributed by atoms with E-state index in [1.165, 1.54) is 38.5 Å². The molecule has 2 atom stereocenters. The van der Waals surface area contributed by atoms with Crippen LogP contribution in [0.25, 0.3) is 0 Å². The largest absolute Gasteiger partial charge is 0.356 e. The molecule has 3 N–H and O–H groups in total. The Kier molecular flexibility index (Phi) is 5.26. The van der Waals surface area contributed by atoms with Crippen molar-refractivity contribution in [3.8, 4) is 0 Å². The van der Waals surface area contributed by atoms with Gasteiger partial charge in [0.15, 0.2) is 0 Å². The van der Waals surface area contributed by atoms with Gasteiger partial charge in [0, 0.05) is 12.1 Å². The molecule has 1 amide bonds. The molecule has 2 aliphatic rings. The van der Waals surface area contributed by atoms with Crippen LogP contribution in [-0.4, -0.2) is 18.0 Å². The van der Waals surface area contributed by atoms with Crippen LogP contribution in [0.4, 0.5) is 0 Å². The molecule has 0 spiro atoms. The van der Waals surface area contributed by atoms with Gasteiger partial charge in [-0.1, -0.05) is 44.9 Å². The van der Waals surface area contributed by atoms with E-state index < -0.39 is 0 Å². The molecular weight excluding hydrogens is 236 g/mol. The third-order valence-corrected chi connectivity index (χ3v) is 5.15. The summed E-state index contributed by atoms with van der Waals surface area (Å²) in [6.45, 7) is 2.88. The monoisotopic (exact) mass is 266 g/mol. The molecule has 0 aromatic heterocycles. The van der Waals surface area contributed by atoms with Gasteiger partial charge >= 0.3 is 0 Å². The van der Waals surface area contributed by atoms with E-state index in [2.05, 4.69) is 5.32 Å². The Labute approximate surface area is 117 Å². The molecule has 110 valence electrons. The van der Waals surface area contributed by atoms with Crippen LogP contribution in [0.1, 0.15) is 71.1 Å². The lowest BCUT2D eigenvalue weighted by atomic mass is 9.74. The molecule has 2 saturated carbocycles. The van der Waals surface area contributed by atoms with Crippen LogP contribution in [0.15, 0.2) is 0 Å². The van der Waals surface area contributed by atoms with Crippen molar-refractivity contribution in [1.29, 1.82) is 0 Å². The molecule has 3 heteroatoms. The molecule has 0 aliphatic heterocycles. The maximum Gasteiger partial charge on any atom is 0.224 e. The second-order valence-corrected chi connectivity index (χ2v) is 6.89. The normalized spacial score (nSPS) is 33.1. The SMILES string of the molecule is CC1(N)CCCCC1C(=O)NCCC1CCCCC1. The van der Waals surface area contributed by atoms with Crippen LogP contribution < -0.4 is 11.1 Å². The van der Waals surface area contributed by atoms with Gasteiger partial charge in [0.1, 0.15) is 0 Å². The highest BCUT2D eigenvalue weighted by Gasteiger charge is 2.37. The minimum Gasteiger partial charge on any atom is -0.356 e. The molecule has 0 saturated heterocycles. The third kappa shape index (κ3) is 4.20. The zero-order valence-corrected chi connectivity index (χ0v) is 12.4. The lowest BCUT2D eigenvalue weighted by Gasteiger charge is -2.37. The highest BCUT2D eigenvalue weighted by molar-refractivity contribution is 5.80. The van der Waals surface area contributed by atoms with Gasteiger partial charge in [-0.15, -0.1) is 0 Å². The third-order valence-electron chi connectivity index (χ3n) is 5.15. The minimum atomic E-state index is -0.298. The summed E-state index contributed by atoms with van der Waals surface area (Å²) in [5, 5.41) is 3.14. The number of carbonyl (C=O) groups excluding carboxylic acids is 1. The number of nitrogens with two attached hydrogens (primary N) is 1. The Morgan fingerprint density at radius 1 is 1.16 bits per heavy atom. The maximum atomic E-state index is 12.3. The number of amides is 1. The molecule has 0 aromatic rings. The number of carbonyl (C=O) groups is 1. The average molecular weight is 266 g/mol. The Bertz CT molecular complexity index is 295. The second-order valence-electron chi connectivity index (χ2n) is 6.89. The van der Waals surface area contributed by atoms with Crippen molar-refractivity contribution >= 4 is 5.91 Å². The van der Waals surface area contributed by atoms with Crippen molar-refractivity contribution in [3.05, 3.63) is 0 Å². The number of hydrogen-bond donors (Lipinski definition) is 2. The van der Waals surface area contributed by atoms with Crippen molar-refractivity contribution in [3.63, 3.8) is 0 Å². The van der Waals surface area contributed by atoms with Crippen LogP contribution in [0, 0.1) is 11.8 Å². The van der Waals surface area contributed by atoms with Crippen molar-refractivity contribution in [1.82, 2.24) is 5.32 Å². The summed E-state index contributed by atoms with van der Waals surface area (Å²) in [5.41, 5.74) is 5.98. The molecule has 19 heavy (non-hydrogen) atoms. The highest BCUT2D eigenvalue weighted by atomic mass is 16.1. The van der Waals surface area contributed by atoms with E-state index in [4.69, 9.17) is 5.73 Å². The fraction of sp³-hybridized carbons (Fsp3) is 0.938. The van der Waals surface area contributed by atoms with E-state index in [0.29, 0.717) is 0 Å². The molecule has 0 aromatic carbocycles. The van der Waals surface area contributed by atoms with Crippen LogP contribution in [0.5, 0.6) is 0 Å². The van der Waals surface area contributed by atoms with Crippen LogP contribution in [0.3, 0.4) is 0 Å². The smallest absolute Gasteiger partial charge is 0.224 e. The Hall–Kier alpha value is -0.570. The topological polar surface area (TPSA) is 55.1 Å². The maximum absolute atomic E-state index is 12.3. The zero-order chi connectivity index (χ0) is 13.7. The molecule has 0 radical (unpaired) electrons. The van der Waals surface area contributed by atoms with Gasteiger partial charge in [0.2, 0.25) is 5.91 Å². The summed E-state index contributed by atoms with van der Waals surface area (Å²) in [4.78, 5) is 12.3. The highest BCUT2D eigenvalue weighted by Crippen LogP contribution is 2.31. The van der Waals surface area contributed by atoms with Gasteiger partial charge in [0.05, 0.1) is 5.92 Å². The summed E-state index contributed by atoms with van der Waals surface area (Å²) in [6.07, 6.45) is 12.3. The molecule has 2 unspecified atom stereocenters. The van der Waals surface area contributed by atoms with Gasteiger partial charge in [-0.25, -0.2) is 0 Å². The van der Waals surface area contributed by atoms with E-state index in [9.17, 15) is 4.79 Å². The van der Waals surface area contributed by atoms with Crippen LogP contribution in [0.2, 0.25) is 0 Å². The van der Waals surface area contributed by atoms with Crippen molar-refractivity contribution in [2.45, 2.75) is 76.7 Å². The summed E-state index contributed by atoms with van der Waals surface area (Å²) < 4.78 is 0. The molecule has 0 bridgehead atoms. The Morgan fingerprint density at radius 3 is 2.53 bits per heavy atom. The molecule has 2 fully saturated rings. The van der Waals surface area contributed by atoms with E-state index in [1.807, 2.05) is 6.92 Å². The first-order valence-corrected chi connectivity index (χ1v) is 8.16. The summed E-state index contributed by atoms with van der Waals surface area (Å²) >= 11 is 0. The van der Waals surface area contributed by atoms with Gasteiger partial charge in [-0.2, -0.15) is 0 Å². The lowest BCUT2D eigenvalue weighted by molar-refractivity contribution is -0.128. The molecule has 2 aliphatic carbocycles. The lowest BCUT2D eigenvalue weighted by Crippen LogP contribution is -2.53. The number of nitrogens with one attached hydrogen (secondary N) is 1. The van der Waals surface area contributed by atoms with Gasteiger partial charge in [-0.05, 0) is 32.1 Å². The first-order chi connectivity index (χ1) is 9.09. The van der Waals surface area contributed by atoms with Crippen molar-refractivity contribution in [2.24, 2.45) is 17.6 Å². The number of hydrogen-bond acceptors (Lipinski definition) is 2. The van der Waals surface area contributed by atoms with Gasteiger partial charge in [0.25, 0.3) is 0 Å². The van der Waals surface area contributed by atoms with Gasteiger partial charge in [-0.3, -0.25) is 4.79 Å². The zero-order valence-electron chi connectivity index (χ0n) is 12.4. The van der Waals surface area contributed by atoms with E-state index in [1.54, 1.807) is 0 Å². The number of rotatable bonds is 4. The molecular formula is C16H30N2O. The van der Waals surface area contributed by atoms with E-state index >= 15 is 0 Å². The summed E-state index contributed by atoms with van der Waals surface area (Å²) in [7, 11) is 0. The van der Waals surface area contributed by atoms with Gasteiger partial charge < -0.3 is 11.1 Å². The fourth-order valence-corrected chi connectivity index (χ4v) is 3.79. The predicted molar refractivity (Wildman–Crippen MR) is 78.8 cm³/mol. The first-order valence-electron chi connectivity index (χ1n) is 8.16. The molecule has 3 nitrogen and oxygen atoms in total. The minimum absolute atomic E-state index is 0.0209. The quantitative estimate of drug-likeness (QED) is 0.822. The average Bonchev–Trinajstić information content (AvgIpc) is 2.39. The second kappa shape index (κ2) is 6.74. The fourth-order valence-electron chi connectivity index (χ4n) is 3.79. The molecule has 2 rings (SSSR count). The standard InChI is InChI=1S/C16H30N2O/c1-16(17)11-6-5-9-14(16)15(19)18-12-10-13-7-3-2-4-8-13/h13-14H,2-12,17H2,1H3,(H,18,19). The molecule has 0 heterocycles. The van der Waals surface area contributed by atoms with E-state index in [-0.39, 0.29) is 17.4 Å². The van der Waals surface area contributed by atoms with Crippen molar-refractivity contribution in [2.75, 3.05) is 6.54 Å². The van der Waals surface area contributed by atoms with Crippen LogP contribution in [-0.2, 0) is 4.79 Å². The Morgan fingerprint density at radius 2 is 1.84 bits per heavy atom.